The second-order valence-corrected chi connectivity index (χ2v) is 3.80. The van der Waals surface area contributed by atoms with Crippen LogP contribution in [0.1, 0.15) is 19.8 Å². The van der Waals surface area contributed by atoms with Crippen LogP contribution in [0.2, 0.25) is 0 Å². The van der Waals surface area contributed by atoms with Gasteiger partial charge in [-0.3, -0.25) is 4.90 Å². The Labute approximate surface area is 81.7 Å². The normalized spacial score (nSPS) is 25.8. The van der Waals surface area contributed by atoms with Crippen molar-refractivity contribution in [2.75, 3.05) is 26.7 Å². The molecule has 2 unspecified atom stereocenters. The van der Waals surface area contributed by atoms with Crippen LogP contribution in [0, 0.1) is 18.3 Å². The largest absolute Gasteiger partial charge is 0.319 e. The van der Waals surface area contributed by atoms with E-state index in [4.69, 9.17) is 6.42 Å². The molecule has 74 valence electrons. The minimum atomic E-state index is 0.363. The van der Waals surface area contributed by atoms with Crippen LogP contribution in [-0.4, -0.2) is 37.6 Å². The summed E-state index contributed by atoms with van der Waals surface area (Å²) in [6.45, 7) is 5.63. The molecule has 1 heterocycles. The highest BCUT2D eigenvalue weighted by Crippen LogP contribution is 2.18. The molecule has 0 bridgehead atoms. The number of nitrogens with one attached hydrogen (secondary N) is 1. The quantitative estimate of drug-likeness (QED) is 0.648. The standard InChI is InChI=1S/C11H20N2/c1-4-11(5-2)13-7-6-10(9-13)8-12-3/h1,10-12H,5-9H2,2-3H3. The van der Waals surface area contributed by atoms with Crippen LogP contribution >= 0.6 is 0 Å². The summed E-state index contributed by atoms with van der Waals surface area (Å²) >= 11 is 0. The molecule has 1 rings (SSSR count). The molecule has 0 amide bonds. The first-order valence-corrected chi connectivity index (χ1v) is 5.16. The third-order valence-electron chi connectivity index (χ3n) is 2.83. The van der Waals surface area contributed by atoms with Gasteiger partial charge in [0.05, 0.1) is 6.04 Å². The first-order valence-electron chi connectivity index (χ1n) is 5.16. The van der Waals surface area contributed by atoms with Crippen LogP contribution < -0.4 is 5.32 Å². The molecule has 1 N–H and O–H groups in total. The van der Waals surface area contributed by atoms with Gasteiger partial charge in [-0.25, -0.2) is 0 Å². The summed E-state index contributed by atoms with van der Waals surface area (Å²) in [6.07, 6.45) is 7.84. The van der Waals surface area contributed by atoms with Crippen molar-refractivity contribution in [3.05, 3.63) is 0 Å². The number of rotatable bonds is 4. The highest BCUT2D eigenvalue weighted by Gasteiger charge is 2.25. The minimum Gasteiger partial charge on any atom is -0.319 e. The first kappa shape index (κ1) is 10.6. The molecular weight excluding hydrogens is 160 g/mol. The van der Waals surface area contributed by atoms with E-state index in [-0.39, 0.29) is 0 Å². The van der Waals surface area contributed by atoms with E-state index in [1.54, 1.807) is 0 Å². The van der Waals surface area contributed by atoms with Crippen molar-refractivity contribution in [1.82, 2.24) is 10.2 Å². The zero-order chi connectivity index (χ0) is 9.68. The zero-order valence-electron chi connectivity index (χ0n) is 8.71. The lowest BCUT2D eigenvalue weighted by Crippen LogP contribution is -2.32. The zero-order valence-corrected chi connectivity index (χ0v) is 8.71. The average Bonchev–Trinajstić information content (AvgIpc) is 2.56. The van der Waals surface area contributed by atoms with Crippen LogP contribution in [0.5, 0.6) is 0 Å². The van der Waals surface area contributed by atoms with E-state index in [2.05, 4.69) is 23.1 Å². The van der Waals surface area contributed by atoms with Crippen LogP contribution in [-0.2, 0) is 0 Å². The molecule has 0 radical (unpaired) electrons. The molecule has 0 spiro atoms. The van der Waals surface area contributed by atoms with Crippen molar-refractivity contribution >= 4 is 0 Å². The Morgan fingerprint density at radius 1 is 1.69 bits per heavy atom. The van der Waals surface area contributed by atoms with E-state index in [9.17, 15) is 0 Å². The lowest BCUT2D eigenvalue weighted by molar-refractivity contribution is 0.274. The van der Waals surface area contributed by atoms with Gasteiger partial charge in [0.15, 0.2) is 0 Å². The van der Waals surface area contributed by atoms with Crippen molar-refractivity contribution in [2.45, 2.75) is 25.8 Å². The lowest BCUT2D eigenvalue weighted by Gasteiger charge is -2.21. The molecule has 2 nitrogen and oxygen atoms in total. The fraction of sp³-hybridized carbons (Fsp3) is 0.818. The van der Waals surface area contributed by atoms with Gasteiger partial charge < -0.3 is 5.32 Å². The third-order valence-corrected chi connectivity index (χ3v) is 2.83. The Balaban J connectivity index is 2.36. The van der Waals surface area contributed by atoms with E-state index in [1.807, 2.05) is 7.05 Å². The molecule has 0 aromatic rings. The Kier molecular flexibility index (Phi) is 4.27. The van der Waals surface area contributed by atoms with Crippen molar-refractivity contribution in [3.8, 4) is 12.3 Å². The summed E-state index contributed by atoms with van der Waals surface area (Å²) in [5.74, 6) is 3.66. The minimum absolute atomic E-state index is 0.363. The molecule has 1 aliphatic rings. The summed E-state index contributed by atoms with van der Waals surface area (Å²) < 4.78 is 0. The van der Waals surface area contributed by atoms with Gasteiger partial charge in [0.1, 0.15) is 0 Å². The molecule has 1 fully saturated rings. The summed E-state index contributed by atoms with van der Waals surface area (Å²) in [5.41, 5.74) is 0. The van der Waals surface area contributed by atoms with E-state index in [0.29, 0.717) is 6.04 Å². The van der Waals surface area contributed by atoms with Gasteiger partial charge in [-0.2, -0.15) is 0 Å². The molecule has 0 saturated carbocycles. The fourth-order valence-corrected chi connectivity index (χ4v) is 2.08. The Morgan fingerprint density at radius 2 is 2.46 bits per heavy atom. The van der Waals surface area contributed by atoms with Gasteiger partial charge in [0.2, 0.25) is 0 Å². The van der Waals surface area contributed by atoms with Crippen LogP contribution in [0.4, 0.5) is 0 Å². The van der Waals surface area contributed by atoms with E-state index in [1.165, 1.54) is 19.5 Å². The topological polar surface area (TPSA) is 15.3 Å². The van der Waals surface area contributed by atoms with Gasteiger partial charge in [-0.15, -0.1) is 6.42 Å². The highest BCUT2D eigenvalue weighted by molar-refractivity contribution is 5.01. The molecule has 2 atom stereocenters. The molecule has 1 aliphatic heterocycles. The molecule has 2 heteroatoms. The van der Waals surface area contributed by atoms with E-state index >= 15 is 0 Å². The summed E-state index contributed by atoms with van der Waals surface area (Å²) in [7, 11) is 2.02. The van der Waals surface area contributed by atoms with Crippen LogP contribution in [0.3, 0.4) is 0 Å². The first-order chi connectivity index (χ1) is 6.31. The van der Waals surface area contributed by atoms with Gasteiger partial charge in [-0.1, -0.05) is 12.8 Å². The maximum atomic E-state index is 5.48. The van der Waals surface area contributed by atoms with Gasteiger partial charge in [0.25, 0.3) is 0 Å². The second kappa shape index (κ2) is 5.26. The Bertz CT molecular complexity index is 183. The molecule has 13 heavy (non-hydrogen) atoms. The van der Waals surface area contributed by atoms with E-state index < -0.39 is 0 Å². The second-order valence-electron chi connectivity index (χ2n) is 3.80. The van der Waals surface area contributed by atoms with Crippen LogP contribution in [0.25, 0.3) is 0 Å². The number of nitrogens with zero attached hydrogens (tertiary/aromatic N) is 1. The number of terminal acetylenes is 1. The predicted octanol–water partition coefficient (Wildman–Crippen LogP) is 0.940. The van der Waals surface area contributed by atoms with Gasteiger partial charge in [0, 0.05) is 6.54 Å². The summed E-state index contributed by atoms with van der Waals surface area (Å²) in [4.78, 5) is 2.43. The summed E-state index contributed by atoms with van der Waals surface area (Å²) in [6, 6.07) is 0.363. The van der Waals surface area contributed by atoms with E-state index in [0.717, 1.165) is 18.9 Å². The Morgan fingerprint density at radius 3 is 3.00 bits per heavy atom. The monoisotopic (exact) mass is 180 g/mol. The van der Waals surface area contributed by atoms with Crippen molar-refractivity contribution in [2.24, 2.45) is 5.92 Å². The van der Waals surface area contributed by atoms with Gasteiger partial charge in [-0.05, 0) is 38.9 Å². The maximum absolute atomic E-state index is 5.48. The SMILES string of the molecule is C#CC(CC)N1CCC(CNC)C1. The highest BCUT2D eigenvalue weighted by atomic mass is 15.2. The smallest absolute Gasteiger partial charge is 0.0709 e. The van der Waals surface area contributed by atoms with Gasteiger partial charge >= 0.3 is 0 Å². The molecule has 1 saturated heterocycles. The molecule has 0 aliphatic carbocycles. The van der Waals surface area contributed by atoms with Crippen molar-refractivity contribution in [3.63, 3.8) is 0 Å². The number of hydrogen-bond acceptors (Lipinski definition) is 2. The average molecular weight is 180 g/mol. The van der Waals surface area contributed by atoms with Crippen LogP contribution in [0.15, 0.2) is 0 Å². The number of hydrogen-bond donors (Lipinski definition) is 1. The van der Waals surface area contributed by atoms with Crippen molar-refractivity contribution < 1.29 is 0 Å². The molecule has 0 aromatic carbocycles. The molecular formula is C11H20N2. The third kappa shape index (κ3) is 2.72. The maximum Gasteiger partial charge on any atom is 0.0709 e. The molecule has 0 aromatic heterocycles. The summed E-state index contributed by atoms with van der Waals surface area (Å²) in [5, 5.41) is 3.23. The number of likely N-dealkylation sites (tertiary alicyclic amines) is 1. The predicted molar refractivity (Wildman–Crippen MR) is 56.5 cm³/mol. The van der Waals surface area contributed by atoms with Crippen molar-refractivity contribution in [1.29, 1.82) is 0 Å². The Hall–Kier alpha value is -0.520. The fourth-order valence-electron chi connectivity index (χ4n) is 2.08. The lowest BCUT2D eigenvalue weighted by atomic mass is 10.1.